The SMILES string of the molecule is Clc1cc(OCc2ccccc2)c([C@@H]2O[C@H](COCc3ccccc3)[C@@H](OCc3ccccc3)[C@H](OCc3ccccc3)[C@H]2OCc2ccccc2)cc1Cc1ccc2c(c1)CC2. The van der Waals surface area contributed by atoms with Crippen LogP contribution in [0.2, 0.25) is 5.02 Å². The smallest absolute Gasteiger partial charge is 0.127 e. The summed E-state index contributed by atoms with van der Waals surface area (Å²) < 4.78 is 41.9. The lowest BCUT2D eigenvalue weighted by Gasteiger charge is -2.46. The Labute approximate surface area is 376 Å². The zero-order valence-electron chi connectivity index (χ0n) is 35.4. The highest BCUT2D eigenvalue weighted by molar-refractivity contribution is 6.31. The van der Waals surface area contributed by atoms with Crippen LogP contribution in [0.15, 0.2) is 182 Å². The Balaban J connectivity index is 1.14. The Morgan fingerprint density at radius 1 is 0.460 bits per heavy atom. The van der Waals surface area contributed by atoms with Crippen LogP contribution < -0.4 is 4.74 Å². The standard InChI is InChI=1S/C56H53ClO6/c57-50-33-51(59-35-41-18-8-2-9-19-41)49(32-48(50)31-45-26-27-46-28-29-47(46)30-45)53-55(61-37-43-22-12-4-13-23-43)56(62-38-44-24-14-5-15-25-44)54(60-36-42-20-10-3-11-21-42)52(63-53)39-58-34-40-16-6-1-7-17-40/h1-27,30,32-33,52-56H,28-29,31,34-39H2/t52-,53+,54-,55+,56+/m1/s1. The molecule has 5 atom stereocenters. The van der Waals surface area contributed by atoms with Crippen molar-refractivity contribution in [2.24, 2.45) is 0 Å². The van der Waals surface area contributed by atoms with Crippen molar-refractivity contribution in [3.8, 4) is 5.75 Å². The van der Waals surface area contributed by atoms with Gasteiger partial charge in [-0.1, -0.05) is 181 Å². The maximum Gasteiger partial charge on any atom is 0.127 e. The lowest BCUT2D eigenvalue weighted by atomic mass is 9.85. The Hall–Kier alpha value is -5.57. The molecule has 1 aliphatic heterocycles. The van der Waals surface area contributed by atoms with E-state index in [-0.39, 0.29) is 6.61 Å². The van der Waals surface area contributed by atoms with Crippen LogP contribution >= 0.6 is 11.6 Å². The van der Waals surface area contributed by atoms with Crippen LogP contribution in [0.1, 0.15) is 61.7 Å². The van der Waals surface area contributed by atoms with E-state index in [1.54, 1.807) is 0 Å². The molecule has 63 heavy (non-hydrogen) atoms. The zero-order chi connectivity index (χ0) is 42.6. The Kier molecular flexibility index (Phi) is 14.4. The molecule has 0 radical (unpaired) electrons. The van der Waals surface area contributed by atoms with Crippen molar-refractivity contribution in [1.29, 1.82) is 0 Å². The second-order valence-electron chi connectivity index (χ2n) is 16.4. The van der Waals surface area contributed by atoms with Gasteiger partial charge in [-0.05, 0) is 81.5 Å². The first-order valence-electron chi connectivity index (χ1n) is 22.0. The number of halogens is 1. The summed E-state index contributed by atoms with van der Waals surface area (Å²) in [5.41, 5.74) is 11.1. The quantitative estimate of drug-likeness (QED) is 0.0808. The van der Waals surface area contributed by atoms with Gasteiger partial charge in [-0.3, -0.25) is 0 Å². The van der Waals surface area contributed by atoms with Gasteiger partial charge in [0, 0.05) is 10.6 Å². The third-order valence-corrected chi connectivity index (χ3v) is 12.3. The van der Waals surface area contributed by atoms with Crippen molar-refractivity contribution in [1.82, 2.24) is 0 Å². The molecule has 1 saturated heterocycles. The van der Waals surface area contributed by atoms with E-state index in [0.29, 0.717) is 50.2 Å². The number of fused-ring (bicyclic) bond motifs is 1. The third kappa shape index (κ3) is 11.2. The Morgan fingerprint density at radius 3 is 1.48 bits per heavy atom. The van der Waals surface area contributed by atoms with E-state index in [0.717, 1.165) is 51.8 Å². The predicted molar refractivity (Wildman–Crippen MR) is 248 cm³/mol. The third-order valence-electron chi connectivity index (χ3n) is 11.9. The fourth-order valence-electron chi connectivity index (χ4n) is 8.46. The summed E-state index contributed by atoms with van der Waals surface area (Å²) in [7, 11) is 0. The largest absolute Gasteiger partial charge is 0.488 e. The molecule has 9 rings (SSSR count). The highest BCUT2D eigenvalue weighted by Crippen LogP contribution is 2.44. The molecule has 7 aromatic carbocycles. The second kappa shape index (κ2) is 21.2. The van der Waals surface area contributed by atoms with Crippen molar-refractivity contribution in [2.45, 2.75) is 82.8 Å². The molecule has 7 aromatic rings. The molecule has 0 unspecified atom stereocenters. The minimum absolute atomic E-state index is 0.247. The summed E-state index contributed by atoms with van der Waals surface area (Å²) in [5.74, 6) is 0.623. The van der Waals surface area contributed by atoms with Crippen molar-refractivity contribution in [3.05, 3.63) is 243 Å². The van der Waals surface area contributed by atoms with Crippen LogP contribution in [0, 0.1) is 0 Å². The molecule has 6 nitrogen and oxygen atoms in total. The van der Waals surface area contributed by atoms with Crippen LogP contribution in [0.4, 0.5) is 0 Å². The topological polar surface area (TPSA) is 55.4 Å². The highest BCUT2D eigenvalue weighted by atomic mass is 35.5. The average molecular weight is 857 g/mol. The average Bonchev–Trinajstić information content (AvgIpc) is 3.32. The first kappa shape index (κ1) is 42.7. The molecule has 2 aliphatic rings. The van der Waals surface area contributed by atoms with Gasteiger partial charge in [-0.2, -0.15) is 0 Å². The van der Waals surface area contributed by atoms with E-state index in [1.807, 2.05) is 97.1 Å². The van der Waals surface area contributed by atoms with E-state index in [2.05, 4.69) is 84.9 Å². The minimum atomic E-state index is -0.671. The summed E-state index contributed by atoms with van der Waals surface area (Å²) in [6.45, 7) is 2.02. The van der Waals surface area contributed by atoms with Gasteiger partial charge in [0.2, 0.25) is 0 Å². The number of hydrogen-bond acceptors (Lipinski definition) is 6. The van der Waals surface area contributed by atoms with Crippen molar-refractivity contribution < 1.29 is 28.4 Å². The van der Waals surface area contributed by atoms with E-state index >= 15 is 0 Å². The molecule has 0 spiro atoms. The molecule has 0 amide bonds. The molecule has 1 fully saturated rings. The van der Waals surface area contributed by atoms with Gasteiger partial charge < -0.3 is 28.4 Å². The van der Waals surface area contributed by atoms with Gasteiger partial charge in [0.25, 0.3) is 0 Å². The van der Waals surface area contributed by atoms with Crippen LogP contribution in [0.5, 0.6) is 5.75 Å². The number of hydrogen-bond donors (Lipinski definition) is 0. The van der Waals surface area contributed by atoms with Gasteiger partial charge in [0.15, 0.2) is 0 Å². The number of benzene rings is 7. The minimum Gasteiger partial charge on any atom is -0.488 e. The summed E-state index contributed by atoms with van der Waals surface area (Å²) in [6, 6.07) is 61.9. The van der Waals surface area contributed by atoms with Gasteiger partial charge in [-0.25, -0.2) is 0 Å². The van der Waals surface area contributed by atoms with Crippen LogP contribution in [0.25, 0.3) is 0 Å². The molecule has 0 aromatic heterocycles. The molecule has 7 heteroatoms. The fraction of sp³-hybridized carbons (Fsp3) is 0.250. The normalized spacial score (nSPS) is 19.2. The monoisotopic (exact) mass is 856 g/mol. The maximum atomic E-state index is 7.40. The molecular formula is C56H53ClO6. The highest BCUT2D eigenvalue weighted by Gasteiger charge is 2.50. The van der Waals surface area contributed by atoms with Gasteiger partial charge in [0.1, 0.15) is 42.9 Å². The van der Waals surface area contributed by atoms with Gasteiger partial charge in [-0.15, -0.1) is 0 Å². The molecule has 320 valence electrons. The van der Waals surface area contributed by atoms with Crippen molar-refractivity contribution >= 4 is 11.6 Å². The summed E-state index contributed by atoms with van der Waals surface area (Å²) >= 11 is 7.24. The summed E-state index contributed by atoms with van der Waals surface area (Å²) in [4.78, 5) is 0. The molecule has 0 N–H and O–H groups in total. The Morgan fingerprint density at radius 2 is 0.952 bits per heavy atom. The van der Waals surface area contributed by atoms with Crippen molar-refractivity contribution in [3.63, 3.8) is 0 Å². The number of ether oxygens (including phenoxy) is 6. The lowest BCUT2D eigenvalue weighted by Crippen LogP contribution is -2.58. The zero-order valence-corrected chi connectivity index (χ0v) is 36.2. The summed E-state index contributed by atoms with van der Waals surface area (Å²) in [5, 5.41) is 0.630. The van der Waals surface area contributed by atoms with E-state index in [1.165, 1.54) is 16.7 Å². The van der Waals surface area contributed by atoms with E-state index in [4.69, 9.17) is 40.0 Å². The Bertz CT molecular complexity index is 2490. The molecule has 1 heterocycles. The summed E-state index contributed by atoms with van der Waals surface area (Å²) in [6.07, 6.45) is -0.164. The van der Waals surface area contributed by atoms with Crippen molar-refractivity contribution in [2.75, 3.05) is 6.61 Å². The van der Waals surface area contributed by atoms with Gasteiger partial charge >= 0.3 is 0 Å². The first-order chi connectivity index (χ1) is 31.1. The lowest BCUT2D eigenvalue weighted by molar-refractivity contribution is -0.275. The number of rotatable bonds is 19. The number of aryl methyl sites for hydroxylation is 2. The van der Waals surface area contributed by atoms with Crippen LogP contribution in [-0.2, 0) is 76.0 Å². The van der Waals surface area contributed by atoms with E-state index < -0.39 is 30.5 Å². The van der Waals surface area contributed by atoms with Gasteiger partial charge in [0.05, 0.1) is 33.0 Å². The second-order valence-corrected chi connectivity index (χ2v) is 16.8. The fourth-order valence-corrected chi connectivity index (χ4v) is 8.68. The molecule has 0 saturated carbocycles. The molecule has 1 aliphatic carbocycles. The van der Waals surface area contributed by atoms with E-state index in [9.17, 15) is 0 Å². The maximum absolute atomic E-state index is 7.40. The molecule has 0 bridgehead atoms. The first-order valence-corrected chi connectivity index (χ1v) is 22.3. The molecular weight excluding hydrogens is 804 g/mol. The van der Waals surface area contributed by atoms with Crippen LogP contribution in [0.3, 0.4) is 0 Å². The van der Waals surface area contributed by atoms with Crippen LogP contribution in [-0.4, -0.2) is 31.0 Å². The predicted octanol–water partition coefficient (Wildman–Crippen LogP) is 12.0.